The van der Waals surface area contributed by atoms with Gasteiger partial charge in [0, 0.05) is 32.6 Å². The van der Waals surface area contributed by atoms with Crippen LogP contribution in [0.2, 0.25) is 0 Å². The van der Waals surface area contributed by atoms with Gasteiger partial charge in [-0.05, 0) is 18.8 Å². The molecule has 0 aromatic rings. The lowest BCUT2D eigenvalue weighted by Crippen LogP contribution is -2.45. The van der Waals surface area contributed by atoms with Gasteiger partial charge < -0.3 is 5.11 Å². The number of rotatable bonds is 6. The van der Waals surface area contributed by atoms with Crippen molar-refractivity contribution in [2.45, 2.75) is 32.6 Å². The minimum absolute atomic E-state index is 0.0540. The van der Waals surface area contributed by atoms with Gasteiger partial charge in [0.2, 0.25) is 0 Å². The number of fused-ring (bicyclic) bond motifs is 1. The van der Waals surface area contributed by atoms with Crippen LogP contribution in [0.5, 0.6) is 0 Å². The first kappa shape index (κ1) is 16.2. The standard InChI is InChI=1S/C13H21N3O4S/c1-2-15(8-4-7-14)21(19,20)16-9-11-5-3-6-13(11,10-16)12(17)18/h11H,2-6,8-10H2,1H3,(H,17,18)/t11-,13+/m0/s1. The quantitative estimate of drug-likeness (QED) is 0.775. The summed E-state index contributed by atoms with van der Waals surface area (Å²) < 4.78 is 27.8. The number of hydrogen-bond acceptors (Lipinski definition) is 4. The first-order valence-electron chi connectivity index (χ1n) is 7.24. The summed E-state index contributed by atoms with van der Waals surface area (Å²) in [5.74, 6) is -0.984. The summed E-state index contributed by atoms with van der Waals surface area (Å²) in [4.78, 5) is 11.6. The molecule has 1 aliphatic heterocycles. The van der Waals surface area contributed by atoms with Crippen LogP contribution in [0.1, 0.15) is 32.6 Å². The van der Waals surface area contributed by atoms with Crippen molar-refractivity contribution in [2.24, 2.45) is 11.3 Å². The highest BCUT2D eigenvalue weighted by Gasteiger charge is 2.57. The SMILES string of the molecule is CCN(CCC#N)S(=O)(=O)N1C[C@@H]2CCC[C@@]2(C(=O)O)C1. The molecule has 0 aromatic heterocycles. The maximum absolute atomic E-state index is 12.6. The fraction of sp³-hybridized carbons (Fsp3) is 0.846. The van der Waals surface area contributed by atoms with Gasteiger partial charge in [-0.15, -0.1) is 0 Å². The highest BCUT2D eigenvalue weighted by molar-refractivity contribution is 7.86. The van der Waals surface area contributed by atoms with E-state index in [1.54, 1.807) is 6.92 Å². The molecule has 0 amide bonds. The second-order valence-electron chi connectivity index (χ2n) is 5.75. The van der Waals surface area contributed by atoms with E-state index in [2.05, 4.69) is 0 Å². The van der Waals surface area contributed by atoms with Gasteiger partial charge in [0.25, 0.3) is 10.2 Å². The second-order valence-corrected chi connectivity index (χ2v) is 7.68. The Morgan fingerprint density at radius 1 is 1.57 bits per heavy atom. The van der Waals surface area contributed by atoms with E-state index in [1.165, 1.54) is 8.61 Å². The molecule has 1 aliphatic carbocycles. The topological polar surface area (TPSA) is 102 Å². The number of aliphatic carboxylic acids is 1. The Hall–Kier alpha value is -1.17. The summed E-state index contributed by atoms with van der Waals surface area (Å²) in [5, 5.41) is 18.1. The molecule has 2 aliphatic rings. The number of nitrogens with zero attached hydrogens (tertiary/aromatic N) is 3. The van der Waals surface area contributed by atoms with E-state index in [1.807, 2.05) is 6.07 Å². The average molecular weight is 315 g/mol. The molecule has 21 heavy (non-hydrogen) atoms. The van der Waals surface area contributed by atoms with Gasteiger partial charge >= 0.3 is 5.97 Å². The average Bonchev–Trinajstić information content (AvgIpc) is 2.97. The highest BCUT2D eigenvalue weighted by atomic mass is 32.2. The summed E-state index contributed by atoms with van der Waals surface area (Å²) in [6.45, 7) is 2.48. The molecule has 7 nitrogen and oxygen atoms in total. The molecule has 8 heteroatoms. The number of carboxylic acid groups (broad SMARTS) is 1. The third-order valence-corrected chi connectivity index (χ3v) is 6.77. The van der Waals surface area contributed by atoms with Gasteiger partial charge in [-0.1, -0.05) is 13.3 Å². The summed E-state index contributed by atoms with van der Waals surface area (Å²) in [6.07, 6.45) is 2.29. The Morgan fingerprint density at radius 3 is 2.81 bits per heavy atom. The van der Waals surface area contributed by atoms with Crippen LogP contribution < -0.4 is 0 Å². The molecule has 1 N–H and O–H groups in total. The second kappa shape index (κ2) is 5.91. The molecule has 1 heterocycles. The van der Waals surface area contributed by atoms with E-state index in [4.69, 9.17) is 5.26 Å². The first-order chi connectivity index (χ1) is 9.88. The third-order valence-electron chi connectivity index (χ3n) is 4.74. The monoisotopic (exact) mass is 315 g/mol. The van der Waals surface area contributed by atoms with Crippen LogP contribution in [-0.4, -0.2) is 54.3 Å². The van der Waals surface area contributed by atoms with E-state index in [-0.39, 0.29) is 38.5 Å². The minimum Gasteiger partial charge on any atom is -0.481 e. The molecule has 1 saturated heterocycles. The fourth-order valence-electron chi connectivity index (χ4n) is 3.54. The number of carbonyl (C=O) groups is 1. The minimum atomic E-state index is -3.68. The van der Waals surface area contributed by atoms with Crippen molar-refractivity contribution in [3.05, 3.63) is 0 Å². The maximum Gasteiger partial charge on any atom is 0.311 e. The van der Waals surface area contributed by atoms with Gasteiger partial charge in [-0.25, -0.2) is 0 Å². The zero-order chi connectivity index (χ0) is 15.7. The Morgan fingerprint density at radius 2 is 2.29 bits per heavy atom. The Kier molecular flexibility index (Phi) is 4.56. The lowest BCUT2D eigenvalue weighted by atomic mass is 9.81. The molecular weight excluding hydrogens is 294 g/mol. The van der Waals surface area contributed by atoms with E-state index >= 15 is 0 Å². The van der Waals surface area contributed by atoms with Crippen molar-refractivity contribution in [2.75, 3.05) is 26.2 Å². The van der Waals surface area contributed by atoms with Gasteiger partial charge in [0.1, 0.15) is 0 Å². The first-order valence-corrected chi connectivity index (χ1v) is 8.63. The largest absolute Gasteiger partial charge is 0.481 e. The lowest BCUT2D eigenvalue weighted by Gasteiger charge is -2.27. The van der Waals surface area contributed by atoms with Gasteiger partial charge in [-0.3, -0.25) is 4.79 Å². The molecule has 0 unspecified atom stereocenters. The zero-order valence-corrected chi connectivity index (χ0v) is 13.0. The summed E-state index contributed by atoms with van der Waals surface area (Å²) >= 11 is 0. The molecule has 2 fully saturated rings. The Labute approximate surface area is 125 Å². The van der Waals surface area contributed by atoms with Crippen LogP contribution >= 0.6 is 0 Å². The van der Waals surface area contributed by atoms with Crippen molar-refractivity contribution in [3.8, 4) is 6.07 Å². The van der Waals surface area contributed by atoms with Crippen molar-refractivity contribution in [1.82, 2.24) is 8.61 Å². The fourth-order valence-corrected chi connectivity index (χ4v) is 5.28. The Balaban J connectivity index is 2.20. The van der Waals surface area contributed by atoms with Crippen LogP contribution in [-0.2, 0) is 15.0 Å². The van der Waals surface area contributed by atoms with Crippen LogP contribution in [0, 0.1) is 22.7 Å². The molecular formula is C13H21N3O4S. The number of carboxylic acids is 1. The van der Waals surface area contributed by atoms with Crippen molar-refractivity contribution in [3.63, 3.8) is 0 Å². The van der Waals surface area contributed by atoms with Crippen molar-refractivity contribution in [1.29, 1.82) is 5.26 Å². The molecule has 0 bridgehead atoms. The molecule has 2 atom stereocenters. The predicted molar refractivity (Wildman–Crippen MR) is 75.4 cm³/mol. The van der Waals surface area contributed by atoms with Crippen LogP contribution in [0.3, 0.4) is 0 Å². The summed E-state index contributed by atoms with van der Waals surface area (Å²) in [7, 11) is -3.68. The molecule has 2 rings (SSSR count). The molecule has 0 radical (unpaired) electrons. The van der Waals surface area contributed by atoms with Crippen LogP contribution in [0.15, 0.2) is 0 Å². The Bertz CT molecular complexity index is 556. The normalized spacial score (nSPS) is 29.5. The van der Waals surface area contributed by atoms with Gasteiger partial charge in [0.05, 0.1) is 11.5 Å². The number of nitriles is 1. The van der Waals surface area contributed by atoms with Gasteiger partial charge in [-0.2, -0.15) is 22.3 Å². The highest BCUT2D eigenvalue weighted by Crippen LogP contribution is 2.49. The molecule has 1 saturated carbocycles. The smallest absolute Gasteiger partial charge is 0.311 e. The molecule has 118 valence electrons. The van der Waals surface area contributed by atoms with Crippen LogP contribution in [0.25, 0.3) is 0 Å². The van der Waals surface area contributed by atoms with E-state index in [9.17, 15) is 18.3 Å². The summed E-state index contributed by atoms with van der Waals surface area (Å²) in [6, 6.07) is 1.94. The van der Waals surface area contributed by atoms with E-state index < -0.39 is 21.6 Å². The molecule has 0 aromatic carbocycles. The summed E-state index contributed by atoms with van der Waals surface area (Å²) in [5.41, 5.74) is -0.915. The zero-order valence-electron chi connectivity index (χ0n) is 12.2. The molecule has 0 spiro atoms. The maximum atomic E-state index is 12.6. The van der Waals surface area contributed by atoms with E-state index in [0.29, 0.717) is 6.42 Å². The predicted octanol–water partition coefficient (Wildman–Crippen LogP) is 0.653. The number of hydrogen-bond donors (Lipinski definition) is 1. The lowest BCUT2D eigenvalue weighted by molar-refractivity contribution is -0.149. The van der Waals surface area contributed by atoms with Gasteiger partial charge in [0.15, 0.2) is 0 Å². The van der Waals surface area contributed by atoms with E-state index in [0.717, 1.165) is 12.8 Å². The third kappa shape index (κ3) is 2.65. The van der Waals surface area contributed by atoms with Crippen molar-refractivity contribution < 1.29 is 18.3 Å². The van der Waals surface area contributed by atoms with Crippen LogP contribution in [0.4, 0.5) is 0 Å². The van der Waals surface area contributed by atoms with Crippen molar-refractivity contribution >= 4 is 16.2 Å².